The Balaban J connectivity index is 1.63. The van der Waals surface area contributed by atoms with Gasteiger partial charge in [-0.15, -0.1) is 0 Å². The van der Waals surface area contributed by atoms with Crippen molar-refractivity contribution >= 4 is 70.0 Å². The van der Waals surface area contributed by atoms with Crippen LogP contribution in [0.25, 0.3) is 10.9 Å². The largest absolute Gasteiger partial charge is 0.370 e. The number of fused-ring (bicyclic) bond motifs is 1. The molecule has 24 heteroatoms. The zero-order valence-corrected chi connectivity index (χ0v) is 44.5. The number of benzene rings is 2. The first-order chi connectivity index (χ1) is 36.8. The molecule has 24 nitrogen and oxygen atoms in total. The van der Waals surface area contributed by atoms with Crippen LogP contribution in [0.15, 0.2) is 78.3 Å². The highest BCUT2D eigenvalue weighted by Crippen LogP contribution is 2.22. The molecule has 13 N–H and O–H groups in total. The Morgan fingerprint density at radius 2 is 1.47 bits per heavy atom. The van der Waals surface area contributed by atoms with E-state index in [1.807, 2.05) is 31.2 Å². The quantitative estimate of drug-likeness (QED) is 0.0373. The number of imidazole rings is 1. The van der Waals surface area contributed by atoms with Gasteiger partial charge < -0.3 is 68.5 Å². The first-order valence-electron chi connectivity index (χ1n) is 25.9. The molecule has 1 aliphatic heterocycles. The number of likely N-dealkylation sites (N-methyl/N-ethyl adjacent to an activating group) is 3. The smallest absolute Gasteiger partial charge is 0.246 e. The van der Waals surface area contributed by atoms with Gasteiger partial charge in [0.2, 0.25) is 53.2 Å². The van der Waals surface area contributed by atoms with E-state index in [4.69, 9.17) is 17.2 Å². The molecular weight excluding hydrogens is 991 g/mol. The third kappa shape index (κ3) is 17.4. The van der Waals surface area contributed by atoms with Crippen LogP contribution in [0.4, 0.5) is 0 Å². The topological polar surface area (TPSA) is 358 Å². The monoisotopic (exact) mass is 1070 g/mol. The average molecular weight is 1070 g/mol. The Bertz CT molecular complexity index is 2690. The first-order valence-corrected chi connectivity index (χ1v) is 25.9. The third-order valence-corrected chi connectivity index (χ3v) is 13.7. The highest BCUT2D eigenvalue weighted by atomic mass is 16.2. The first kappa shape index (κ1) is 59.6. The number of carbonyl (C=O) groups excluding carboxylic acids is 9. The maximum atomic E-state index is 15.4. The fourth-order valence-electron chi connectivity index (χ4n) is 9.30. The summed E-state index contributed by atoms with van der Waals surface area (Å²) in [6.07, 6.45) is 5.96. The summed E-state index contributed by atoms with van der Waals surface area (Å²) in [5, 5.41) is 14.4. The van der Waals surface area contributed by atoms with Gasteiger partial charge in [-0.2, -0.15) is 0 Å². The predicted molar refractivity (Wildman–Crippen MR) is 288 cm³/mol. The van der Waals surface area contributed by atoms with E-state index in [0.717, 1.165) is 15.8 Å². The SMILES string of the molecule is CCCC[C@H](NC(C)=O)C(=O)N[C@H]1CC(=O)NCCCC[C@@H](C(N)=O)NC(=O)[C@H](Cc2c[nH]c3ccccc23)NC(=O)[C@H](CCCN=C(N)N)N(C)C(=O)[C@@H](Cc2ccccc2)N(C)C(=O)[C@H](Cc2cnc[nH]2)N(C)C1=O. The fraction of sp³-hybridized carbons (Fsp3) is 0.491. The number of aromatic nitrogens is 3. The molecule has 416 valence electrons. The number of guanidine groups is 1. The molecule has 4 aromatic rings. The minimum absolute atomic E-state index is 0.0211. The number of aliphatic imine (C=N–C) groups is 1. The predicted octanol–water partition coefficient (Wildman–Crippen LogP) is -0.222. The summed E-state index contributed by atoms with van der Waals surface area (Å²) in [5.41, 5.74) is 19.7. The molecular formula is C53H75N15O9. The van der Waals surface area contributed by atoms with E-state index in [1.54, 1.807) is 36.5 Å². The van der Waals surface area contributed by atoms with Crippen molar-refractivity contribution in [1.82, 2.24) is 56.2 Å². The molecule has 0 saturated carbocycles. The number of amides is 9. The van der Waals surface area contributed by atoms with Gasteiger partial charge in [-0.05, 0) is 55.7 Å². The Morgan fingerprint density at radius 3 is 2.13 bits per heavy atom. The Morgan fingerprint density at radius 1 is 0.792 bits per heavy atom. The van der Waals surface area contributed by atoms with E-state index in [9.17, 15) is 33.6 Å². The maximum Gasteiger partial charge on any atom is 0.246 e. The lowest BCUT2D eigenvalue weighted by atomic mass is 9.99. The van der Waals surface area contributed by atoms with E-state index in [2.05, 4.69) is 46.5 Å². The molecule has 0 spiro atoms. The normalized spacial score (nSPS) is 21.4. The summed E-state index contributed by atoms with van der Waals surface area (Å²) in [6.45, 7) is 3.29. The molecule has 5 rings (SSSR count). The number of nitrogens with two attached hydrogens (primary N) is 3. The van der Waals surface area contributed by atoms with Crippen molar-refractivity contribution in [2.45, 2.75) is 133 Å². The van der Waals surface area contributed by atoms with Crippen LogP contribution in [0.2, 0.25) is 0 Å². The van der Waals surface area contributed by atoms with Crippen molar-refractivity contribution in [3.05, 3.63) is 90.1 Å². The van der Waals surface area contributed by atoms with E-state index >= 15 is 9.59 Å². The van der Waals surface area contributed by atoms with Gasteiger partial charge in [0.05, 0.1) is 12.7 Å². The third-order valence-electron chi connectivity index (χ3n) is 13.7. The van der Waals surface area contributed by atoms with E-state index in [0.29, 0.717) is 29.7 Å². The lowest BCUT2D eigenvalue weighted by Gasteiger charge is -2.38. The number of hydrogen-bond donors (Lipinski definition) is 10. The van der Waals surface area contributed by atoms with E-state index in [-0.39, 0.29) is 76.8 Å². The second-order valence-corrected chi connectivity index (χ2v) is 19.4. The minimum atomic E-state index is -1.56. The van der Waals surface area contributed by atoms with Crippen LogP contribution >= 0.6 is 0 Å². The highest BCUT2D eigenvalue weighted by molar-refractivity contribution is 5.99. The van der Waals surface area contributed by atoms with E-state index < -0.39 is 102 Å². The molecule has 2 aromatic carbocycles. The van der Waals surface area contributed by atoms with Crippen LogP contribution < -0.4 is 43.8 Å². The molecule has 0 radical (unpaired) electrons. The molecule has 2 aromatic heterocycles. The highest BCUT2D eigenvalue weighted by Gasteiger charge is 2.41. The summed E-state index contributed by atoms with van der Waals surface area (Å²) < 4.78 is 0. The van der Waals surface area contributed by atoms with E-state index in [1.165, 1.54) is 50.4 Å². The average Bonchev–Trinajstić information content (AvgIpc) is 4.09. The van der Waals surface area contributed by atoms with Gasteiger partial charge in [-0.25, -0.2) is 4.98 Å². The van der Waals surface area contributed by atoms with Gasteiger partial charge in [-0.3, -0.25) is 48.1 Å². The van der Waals surface area contributed by atoms with Crippen molar-refractivity contribution in [3.8, 4) is 0 Å². The van der Waals surface area contributed by atoms with Crippen molar-refractivity contribution in [2.24, 2.45) is 22.2 Å². The van der Waals surface area contributed by atoms with Gasteiger partial charge in [-0.1, -0.05) is 68.3 Å². The second kappa shape index (κ2) is 29.1. The van der Waals surface area contributed by atoms with Crippen LogP contribution in [0.5, 0.6) is 0 Å². The zero-order valence-electron chi connectivity index (χ0n) is 44.5. The van der Waals surface area contributed by atoms with Gasteiger partial charge in [0, 0.05) is 89.4 Å². The van der Waals surface area contributed by atoms with Crippen molar-refractivity contribution in [2.75, 3.05) is 34.2 Å². The van der Waals surface area contributed by atoms with Gasteiger partial charge in [0.1, 0.15) is 42.3 Å². The number of carbonyl (C=O) groups is 9. The fourth-order valence-corrected chi connectivity index (χ4v) is 9.30. The molecule has 0 bridgehead atoms. The summed E-state index contributed by atoms with van der Waals surface area (Å²) in [5.74, 6) is -6.62. The van der Waals surface area contributed by atoms with Crippen molar-refractivity contribution in [3.63, 3.8) is 0 Å². The standard InChI is InChI=1S/C53H75N15O9/c1-6-7-19-39(62-32(2)69)47(72)65-41-28-45(70)58-23-14-13-21-38(46(54)71)63-48(73)40(26-34-29-60-37-20-12-11-18-36(34)37)64-49(74)42(22-15-24-59-53(55)56)66(3)51(76)43(25-33-16-9-8-10-17-33)68(5)52(77)44(67(4)50(41)75)27-35-30-57-31-61-35/h8-12,16-18,20,29-31,38-44,60H,6-7,13-15,19,21-28H2,1-5H3,(H2,54,71)(H,57,61)(H,58,70)(H,62,69)(H,63,73)(H,64,74)(H,65,72)(H4,55,56,59)/t38-,39-,40-,41-,42-,43+,44-/m0/s1. The molecule has 1 fully saturated rings. The number of H-pyrrole nitrogens is 2. The minimum Gasteiger partial charge on any atom is -0.370 e. The van der Waals surface area contributed by atoms with Crippen molar-refractivity contribution < 1.29 is 43.2 Å². The maximum absolute atomic E-state index is 15.4. The summed E-state index contributed by atoms with van der Waals surface area (Å²) in [4.78, 5) is 146. The summed E-state index contributed by atoms with van der Waals surface area (Å²) in [7, 11) is 4.17. The summed E-state index contributed by atoms with van der Waals surface area (Å²) >= 11 is 0. The zero-order chi connectivity index (χ0) is 56.2. The number of unbranched alkanes of at least 4 members (excludes halogenated alkanes) is 1. The molecule has 3 heterocycles. The molecule has 9 amide bonds. The molecule has 1 aliphatic rings. The molecule has 7 atom stereocenters. The second-order valence-electron chi connectivity index (χ2n) is 19.4. The molecule has 77 heavy (non-hydrogen) atoms. The van der Waals surface area contributed by atoms with Gasteiger partial charge >= 0.3 is 0 Å². The lowest BCUT2D eigenvalue weighted by molar-refractivity contribution is -0.152. The Hall–Kier alpha value is -8.31. The van der Waals surface area contributed by atoms with Crippen LogP contribution in [-0.2, 0) is 62.4 Å². The van der Waals surface area contributed by atoms with Crippen LogP contribution in [0.3, 0.4) is 0 Å². The number of para-hydroxylation sites is 1. The summed E-state index contributed by atoms with van der Waals surface area (Å²) in [6, 6.07) is 7.08. The van der Waals surface area contributed by atoms with Crippen molar-refractivity contribution in [1.29, 1.82) is 0 Å². The number of rotatable bonds is 17. The number of nitrogens with one attached hydrogen (secondary N) is 7. The lowest BCUT2D eigenvalue weighted by Crippen LogP contribution is -2.61. The molecule has 0 aliphatic carbocycles. The Kier molecular flexibility index (Phi) is 22.5. The number of primary amides is 1. The molecule has 0 unspecified atom stereocenters. The Labute approximate surface area is 447 Å². The number of hydrogen-bond acceptors (Lipinski definition) is 11. The van der Waals surface area contributed by atoms with Crippen LogP contribution in [0.1, 0.15) is 88.5 Å². The molecule has 1 saturated heterocycles. The van der Waals surface area contributed by atoms with Crippen LogP contribution in [-0.4, -0.2) is 165 Å². The van der Waals surface area contributed by atoms with Gasteiger partial charge in [0.15, 0.2) is 5.96 Å². The number of aromatic amines is 2. The van der Waals surface area contributed by atoms with Gasteiger partial charge in [0.25, 0.3) is 0 Å². The van der Waals surface area contributed by atoms with Crippen LogP contribution in [0, 0.1) is 0 Å². The number of nitrogens with zero attached hydrogens (tertiary/aromatic N) is 5.